The molecule has 29 heavy (non-hydrogen) atoms. The van der Waals surface area contributed by atoms with Crippen LogP contribution in [-0.4, -0.2) is 23.5 Å². The Bertz CT molecular complexity index is 1070. The molecule has 0 radical (unpaired) electrons. The van der Waals surface area contributed by atoms with Crippen LogP contribution in [0.1, 0.15) is 49.7 Å². The number of rotatable bonds is 6. The molecule has 7 heteroatoms. The van der Waals surface area contributed by atoms with Gasteiger partial charge in [0, 0.05) is 23.7 Å². The molecule has 3 N–H and O–H groups in total. The van der Waals surface area contributed by atoms with E-state index in [0.29, 0.717) is 33.8 Å². The molecule has 0 aliphatic heterocycles. The van der Waals surface area contributed by atoms with Crippen molar-refractivity contribution in [2.75, 3.05) is 17.2 Å². The maximum absolute atomic E-state index is 14.1. The molecular weight excluding hydrogens is 373 g/mol. The Morgan fingerprint density at radius 3 is 2.55 bits per heavy atom. The van der Waals surface area contributed by atoms with E-state index in [2.05, 4.69) is 15.6 Å². The first-order valence-corrected chi connectivity index (χ1v) is 9.46. The van der Waals surface area contributed by atoms with Gasteiger partial charge >= 0.3 is 5.97 Å². The molecular formula is C22H24FN3O3. The molecule has 2 aromatic carbocycles. The van der Waals surface area contributed by atoms with Crippen LogP contribution in [-0.2, 0) is 9.53 Å². The molecule has 1 aromatic heterocycles. The van der Waals surface area contributed by atoms with Gasteiger partial charge in [0.25, 0.3) is 0 Å². The van der Waals surface area contributed by atoms with Crippen molar-refractivity contribution in [3.8, 4) is 0 Å². The number of nitrogens with one attached hydrogen (secondary N) is 3. The second-order valence-electron chi connectivity index (χ2n) is 7.09. The van der Waals surface area contributed by atoms with E-state index in [1.807, 2.05) is 13.8 Å². The van der Waals surface area contributed by atoms with Crippen LogP contribution in [0.2, 0.25) is 0 Å². The maximum Gasteiger partial charge on any atom is 0.354 e. The highest BCUT2D eigenvalue weighted by atomic mass is 19.1. The van der Waals surface area contributed by atoms with Crippen LogP contribution in [0, 0.1) is 5.82 Å². The maximum atomic E-state index is 14.1. The molecule has 0 spiro atoms. The molecule has 0 atom stereocenters. The van der Waals surface area contributed by atoms with Crippen LogP contribution in [0.4, 0.5) is 21.5 Å². The summed E-state index contributed by atoms with van der Waals surface area (Å²) in [5.74, 6) is -0.893. The minimum absolute atomic E-state index is 0.0326. The number of benzene rings is 2. The van der Waals surface area contributed by atoms with Crippen molar-refractivity contribution in [2.24, 2.45) is 0 Å². The molecule has 0 saturated heterocycles. The zero-order valence-electron chi connectivity index (χ0n) is 16.9. The number of hydrogen-bond donors (Lipinski definition) is 3. The van der Waals surface area contributed by atoms with E-state index in [4.69, 9.17) is 4.74 Å². The monoisotopic (exact) mass is 397 g/mol. The molecule has 3 aromatic rings. The van der Waals surface area contributed by atoms with Crippen LogP contribution < -0.4 is 10.6 Å². The fraction of sp³-hybridized carbons (Fsp3) is 0.273. The van der Waals surface area contributed by atoms with E-state index in [9.17, 15) is 14.0 Å². The summed E-state index contributed by atoms with van der Waals surface area (Å²) < 4.78 is 19.1. The normalized spacial score (nSPS) is 11.0. The van der Waals surface area contributed by atoms with Crippen molar-refractivity contribution in [1.82, 2.24) is 4.98 Å². The average molecular weight is 397 g/mol. The van der Waals surface area contributed by atoms with E-state index >= 15 is 0 Å². The summed E-state index contributed by atoms with van der Waals surface area (Å²) in [7, 11) is 0. The number of ether oxygens (including phenoxy) is 1. The molecule has 0 aliphatic rings. The van der Waals surface area contributed by atoms with Crippen LogP contribution in [0.5, 0.6) is 0 Å². The fourth-order valence-corrected chi connectivity index (χ4v) is 3.15. The van der Waals surface area contributed by atoms with E-state index in [-0.39, 0.29) is 24.2 Å². The highest BCUT2D eigenvalue weighted by molar-refractivity contribution is 6.03. The summed E-state index contributed by atoms with van der Waals surface area (Å²) in [6.07, 6.45) is 0. The number of halogens is 1. The summed E-state index contributed by atoms with van der Waals surface area (Å²) in [6.45, 7) is 7.28. The van der Waals surface area contributed by atoms with Gasteiger partial charge < -0.3 is 20.4 Å². The molecule has 1 heterocycles. The first-order valence-electron chi connectivity index (χ1n) is 9.46. The molecule has 3 rings (SSSR count). The Hall–Kier alpha value is -3.35. The van der Waals surface area contributed by atoms with Gasteiger partial charge in [0.2, 0.25) is 5.91 Å². The summed E-state index contributed by atoms with van der Waals surface area (Å²) in [5.41, 5.74) is 3.51. The molecule has 0 unspecified atom stereocenters. The lowest BCUT2D eigenvalue weighted by Gasteiger charge is -2.14. The van der Waals surface area contributed by atoms with Gasteiger partial charge in [0.15, 0.2) is 0 Å². The number of aromatic amines is 1. The lowest BCUT2D eigenvalue weighted by Crippen LogP contribution is -2.06. The largest absolute Gasteiger partial charge is 0.461 e. The SMILES string of the molecule is CCOC(=O)c1cc2c(Nc3ccc(F)c(C(C)C)c3)cc(NC(C)=O)cc2[nH]1. The number of amides is 1. The zero-order chi connectivity index (χ0) is 21.1. The number of carbonyl (C=O) groups is 2. The molecule has 0 aliphatic carbocycles. The molecule has 0 saturated carbocycles. The van der Waals surface area contributed by atoms with Gasteiger partial charge in [-0.05, 0) is 54.8 Å². The molecule has 1 amide bonds. The van der Waals surface area contributed by atoms with Gasteiger partial charge in [-0.2, -0.15) is 0 Å². The summed E-state index contributed by atoms with van der Waals surface area (Å²) >= 11 is 0. The van der Waals surface area contributed by atoms with E-state index in [0.717, 1.165) is 5.39 Å². The van der Waals surface area contributed by atoms with Crippen LogP contribution >= 0.6 is 0 Å². The Morgan fingerprint density at radius 1 is 1.14 bits per heavy atom. The topological polar surface area (TPSA) is 83.2 Å². The van der Waals surface area contributed by atoms with Gasteiger partial charge in [-0.15, -0.1) is 0 Å². The van der Waals surface area contributed by atoms with Crippen molar-refractivity contribution in [1.29, 1.82) is 0 Å². The third-order valence-electron chi connectivity index (χ3n) is 4.45. The van der Waals surface area contributed by atoms with Gasteiger partial charge in [-0.1, -0.05) is 13.8 Å². The van der Waals surface area contributed by atoms with Crippen molar-refractivity contribution in [2.45, 2.75) is 33.6 Å². The van der Waals surface area contributed by atoms with E-state index in [1.165, 1.54) is 13.0 Å². The number of carbonyl (C=O) groups excluding carboxylic acids is 2. The second-order valence-corrected chi connectivity index (χ2v) is 7.09. The van der Waals surface area contributed by atoms with E-state index in [1.54, 1.807) is 37.3 Å². The summed E-state index contributed by atoms with van der Waals surface area (Å²) in [4.78, 5) is 26.7. The van der Waals surface area contributed by atoms with Crippen molar-refractivity contribution < 1.29 is 18.7 Å². The minimum atomic E-state index is -0.459. The number of fused-ring (bicyclic) bond motifs is 1. The van der Waals surface area contributed by atoms with Gasteiger partial charge in [-0.3, -0.25) is 4.79 Å². The Labute approximate surface area is 168 Å². The van der Waals surface area contributed by atoms with Crippen molar-refractivity contribution in [3.63, 3.8) is 0 Å². The molecule has 152 valence electrons. The number of aromatic nitrogens is 1. The second kappa shape index (κ2) is 8.34. The van der Waals surface area contributed by atoms with Gasteiger partial charge in [0.05, 0.1) is 17.8 Å². The van der Waals surface area contributed by atoms with Crippen LogP contribution in [0.25, 0.3) is 10.9 Å². The summed E-state index contributed by atoms with van der Waals surface area (Å²) in [6, 6.07) is 10.0. The number of hydrogen-bond acceptors (Lipinski definition) is 4. The van der Waals surface area contributed by atoms with Crippen LogP contribution in [0.15, 0.2) is 36.4 Å². The lowest BCUT2D eigenvalue weighted by molar-refractivity contribution is -0.114. The Kier molecular flexibility index (Phi) is 5.87. The van der Waals surface area contributed by atoms with Crippen molar-refractivity contribution in [3.05, 3.63) is 53.5 Å². The Balaban J connectivity index is 2.07. The summed E-state index contributed by atoms with van der Waals surface area (Å²) in [5, 5.41) is 6.78. The lowest BCUT2D eigenvalue weighted by atomic mass is 10.0. The first kappa shape index (κ1) is 20.4. The number of anilines is 3. The zero-order valence-corrected chi connectivity index (χ0v) is 16.9. The number of esters is 1. The smallest absolute Gasteiger partial charge is 0.354 e. The van der Waals surface area contributed by atoms with Gasteiger partial charge in [0.1, 0.15) is 11.5 Å². The average Bonchev–Trinajstić information content (AvgIpc) is 3.07. The third-order valence-corrected chi connectivity index (χ3v) is 4.45. The quantitative estimate of drug-likeness (QED) is 0.492. The molecule has 6 nitrogen and oxygen atoms in total. The van der Waals surface area contributed by atoms with Crippen molar-refractivity contribution >= 4 is 39.8 Å². The number of H-pyrrole nitrogens is 1. The van der Waals surface area contributed by atoms with Crippen LogP contribution in [0.3, 0.4) is 0 Å². The highest BCUT2D eigenvalue weighted by Crippen LogP contribution is 2.32. The Morgan fingerprint density at radius 2 is 1.90 bits per heavy atom. The molecule has 0 bridgehead atoms. The standard InChI is InChI=1S/C22H24FN3O3/c1-5-29-22(28)21-11-17-19(9-15(24-13(4)27)10-20(17)26-21)25-14-6-7-18(23)16(8-14)12(2)3/h6-12,25-26H,5H2,1-4H3,(H,24,27). The predicted octanol–water partition coefficient (Wildman–Crippen LogP) is 5.31. The van der Waals surface area contributed by atoms with E-state index < -0.39 is 5.97 Å². The third kappa shape index (κ3) is 4.56. The first-order chi connectivity index (χ1) is 13.8. The molecule has 0 fully saturated rings. The van der Waals surface area contributed by atoms with Gasteiger partial charge in [-0.25, -0.2) is 9.18 Å². The predicted molar refractivity (Wildman–Crippen MR) is 112 cm³/mol. The fourth-order valence-electron chi connectivity index (χ4n) is 3.15. The highest BCUT2D eigenvalue weighted by Gasteiger charge is 2.15. The minimum Gasteiger partial charge on any atom is -0.461 e.